The minimum absolute atomic E-state index is 0.00646. The molecule has 2 saturated heterocycles. The average Bonchev–Trinajstić information content (AvgIpc) is 3.31. The maximum atomic E-state index is 12.5. The van der Waals surface area contributed by atoms with E-state index in [1.807, 2.05) is 9.80 Å². The minimum Gasteiger partial charge on any atom is -0.378 e. The maximum absolute atomic E-state index is 12.5. The molecule has 1 N–H and O–H groups in total. The Morgan fingerprint density at radius 3 is 2.45 bits per heavy atom. The number of morpholine rings is 1. The fraction of sp³-hybridized carbons (Fsp3) is 0.857. The highest BCUT2D eigenvalue weighted by Crippen LogP contribution is 2.22. The van der Waals surface area contributed by atoms with Crippen molar-refractivity contribution < 1.29 is 14.3 Å². The molecule has 2 aliphatic heterocycles. The molecule has 1 aliphatic carbocycles. The van der Waals surface area contributed by atoms with Gasteiger partial charge in [0.2, 0.25) is 5.91 Å². The van der Waals surface area contributed by atoms with E-state index < -0.39 is 0 Å². The normalized spacial score (nSPS) is 27.3. The molecule has 0 radical (unpaired) electrons. The SMILES string of the molecule is O=C(NC1CC1)N1CCCC(C(=O)N2CCOCC2)C1. The molecule has 0 spiro atoms. The average molecular weight is 281 g/mol. The first-order chi connectivity index (χ1) is 9.74. The Balaban J connectivity index is 1.53. The van der Waals surface area contributed by atoms with Crippen molar-refractivity contribution in [3.05, 3.63) is 0 Å². The van der Waals surface area contributed by atoms with Gasteiger partial charge in [0.05, 0.1) is 19.1 Å². The Kier molecular flexibility index (Phi) is 4.10. The largest absolute Gasteiger partial charge is 0.378 e. The van der Waals surface area contributed by atoms with Crippen LogP contribution in [-0.4, -0.2) is 67.2 Å². The molecule has 0 bridgehead atoms. The molecule has 3 aliphatic rings. The molecular weight excluding hydrogens is 258 g/mol. The lowest BCUT2D eigenvalue weighted by atomic mass is 9.96. The van der Waals surface area contributed by atoms with E-state index in [1.165, 1.54) is 0 Å². The number of hydrogen-bond donors (Lipinski definition) is 1. The van der Waals surface area contributed by atoms with Crippen LogP contribution < -0.4 is 5.32 Å². The fourth-order valence-electron chi connectivity index (χ4n) is 2.90. The molecule has 3 amide bonds. The first-order valence-electron chi connectivity index (χ1n) is 7.66. The second-order valence-corrected chi connectivity index (χ2v) is 5.95. The second kappa shape index (κ2) is 5.99. The zero-order valence-electron chi connectivity index (χ0n) is 11.8. The summed E-state index contributed by atoms with van der Waals surface area (Å²) in [6.07, 6.45) is 3.99. The van der Waals surface area contributed by atoms with Gasteiger partial charge < -0.3 is 19.9 Å². The van der Waals surface area contributed by atoms with Crippen LogP contribution in [0.25, 0.3) is 0 Å². The van der Waals surface area contributed by atoms with Crippen molar-refractivity contribution in [1.82, 2.24) is 15.1 Å². The Labute approximate surface area is 119 Å². The van der Waals surface area contributed by atoms with Crippen LogP contribution in [0.1, 0.15) is 25.7 Å². The fourth-order valence-corrected chi connectivity index (χ4v) is 2.90. The van der Waals surface area contributed by atoms with Crippen molar-refractivity contribution in [3.8, 4) is 0 Å². The standard InChI is InChI=1S/C14H23N3O3/c18-13(16-6-8-20-9-7-16)11-2-1-5-17(10-11)14(19)15-12-3-4-12/h11-12H,1-10H2,(H,15,19). The van der Waals surface area contributed by atoms with E-state index in [0.29, 0.717) is 38.9 Å². The molecule has 0 aromatic heterocycles. The topological polar surface area (TPSA) is 61.9 Å². The molecule has 3 rings (SSSR count). The number of piperidine rings is 1. The number of carbonyl (C=O) groups is 2. The molecule has 2 heterocycles. The lowest BCUT2D eigenvalue weighted by Crippen LogP contribution is -2.51. The smallest absolute Gasteiger partial charge is 0.317 e. The molecule has 1 saturated carbocycles. The molecule has 6 heteroatoms. The summed E-state index contributed by atoms with van der Waals surface area (Å²) >= 11 is 0. The summed E-state index contributed by atoms with van der Waals surface area (Å²) in [5, 5.41) is 3.00. The molecule has 1 atom stereocenters. The van der Waals surface area contributed by atoms with Crippen LogP contribution in [0.2, 0.25) is 0 Å². The number of urea groups is 1. The first kappa shape index (κ1) is 13.7. The predicted molar refractivity (Wildman–Crippen MR) is 73.2 cm³/mol. The Bertz CT molecular complexity index is 378. The van der Waals surface area contributed by atoms with Crippen molar-refractivity contribution >= 4 is 11.9 Å². The van der Waals surface area contributed by atoms with Crippen molar-refractivity contribution in [2.24, 2.45) is 5.92 Å². The molecular formula is C14H23N3O3. The number of carbonyl (C=O) groups excluding carboxylic acids is 2. The third-order valence-corrected chi connectivity index (χ3v) is 4.29. The summed E-state index contributed by atoms with van der Waals surface area (Å²) in [6, 6.07) is 0.379. The third-order valence-electron chi connectivity index (χ3n) is 4.29. The van der Waals surface area contributed by atoms with Gasteiger partial charge in [-0.3, -0.25) is 4.79 Å². The summed E-state index contributed by atoms with van der Waals surface area (Å²) in [6.45, 7) is 3.96. The quantitative estimate of drug-likeness (QED) is 0.798. The van der Waals surface area contributed by atoms with Gasteiger partial charge in [-0.1, -0.05) is 0 Å². The number of ether oxygens (including phenoxy) is 1. The van der Waals surface area contributed by atoms with E-state index in [4.69, 9.17) is 4.74 Å². The van der Waals surface area contributed by atoms with Gasteiger partial charge in [0.15, 0.2) is 0 Å². The molecule has 0 aromatic rings. The molecule has 112 valence electrons. The van der Waals surface area contributed by atoms with E-state index in [2.05, 4.69) is 5.32 Å². The van der Waals surface area contributed by atoms with Gasteiger partial charge in [-0.2, -0.15) is 0 Å². The number of hydrogen-bond acceptors (Lipinski definition) is 3. The van der Waals surface area contributed by atoms with E-state index in [1.54, 1.807) is 0 Å². The van der Waals surface area contributed by atoms with Gasteiger partial charge in [-0.05, 0) is 25.7 Å². The van der Waals surface area contributed by atoms with Crippen molar-refractivity contribution in [2.45, 2.75) is 31.7 Å². The van der Waals surface area contributed by atoms with E-state index in [0.717, 1.165) is 32.2 Å². The van der Waals surface area contributed by atoms with Crippen molar-refractivity contribution in [3.63, 3.8) is 0 Å². The minimum atomic E-state index is -0.0354. The summed E-state index contributed by atoms with van der Waals surface area (Å²) < 4.78 is 5.28. The van der Waals surface area contributed by atoms with E-state index in [-0.39, 0.29) is 17.9 Å². The Hall–Kier alpha value is -1.30. The van der Waals surface area contributed by atoms with Gasteiger partial charge in [-0.15, -0.1) is 0 Å². The highest BCUT2D eigenvalue weighted by Gasteiger charge is 2.33. The van der Waals surface area contributed by atoms with Gasteiger partial charge in [0.25, 0.3) is 0 Å². The Morgan fingerprint density at radius 1 is 1.00 bits per heavy atom. The van der Waals surface area contributed by atoms with Crippen LogP contribution in [-0.2, 0) is 9.53 Å². The van der Waals surface area contributed by atoms with E-state index in [9.17, 15) is 9.59 Å². The van der Waals surface area contributed by atoms with Crippen LogP contribution in [0.3, 0.4) is 0 Å². The lowest BCUT2D eigenvalue weighted by Gasteiger charge is -2.36. The monoisotopic (exact) mass is 281 g/mol. The van der Waals surface area contributed by atoms with Crippen LogP contribution in [0.15, 0.2) is 0 Å². The summed E-state index contributed by atoms with van der Waals surface area (Å²) in [7, 11) is 0. The van der Waals surface area contributed by atoms with Crippen LogP contribution >= 0.6 is 0 Å². The van der Waals surface area contributed by atoms with Crippen LogP contribution in [0.5, 0.6) is 0 Å². The van der Waals surface area contributed by atoms with Crippen molar-refractivity contribution in [2.75, 3.05) is 39.4 Å². The molecule has 0 aromatic carbocycles. The third kappa shape index (κ3) is 3.23. The second-order valence-electron chi connectivity index (χ2n) is 5.95. The Morgan fingerprint density at radius 2 is 1.75 bits per heavy atom. The summed E-state index contributed by atoms with van der Waals surface area (Å²) in [5.74, 6) is 0.157. The number of likely N-dealkylation sites (tertiary alicyclic amines) is 1. The number of amides is 3. The number of rotatable bonds is 2. The van der Waals surface area contributed by atoms with E-state index >= 15 is 0 Å². The summed E-state index contributed by atoms with van der Waals surface area (Å²) in [5.41, 5.74) is 0. The first-order valence-corrected chi connectivity index (χ1v) is 7.66. The zero-order valence-corrected chi connectivity index (χ0v) is 11.8. The van der Waals surface area contributed by atoms with Gasteiger partial charge in [0, 0.05) is 32.2 Å². The maximum Gasteiger partial charge on any atom is 0.317 e. The summed E-state index contributed by atoms with van der Waals surface area (Å²) in [4.78, 5) is 28.2. The van der Waals surface area contributed by atoms with Crippen LogP contribution in [0, 0.1) is 5.92 Å². The molecule has 1 unspecified atom stereocenters. The van der Waals surface area contributed by atoms with Gasteiger partial charge in [-0.25, -0.2) is 4.79 Å². The van der Waals surface area contributed by atoms with Gasteiger partial charge >= 0.3 is 6.03 Å². The van der Waals surface area contributed by atoms with Gasteiger partial charge in [0.1, 0.15) is 0 Å². The number of nitrogens with one attached hydrogen (secondary N) is 1. The highest BCUT2D eigenvalue weighted by molar-refractivity contribution is 5.81. The predicted octanol–water partition coefficient (Wildman–Crippen LogP) is 0.429. The zero-order chi connectivity index (χ0) is 13.9. The molecule has 3 fully saturated rings. The molecule has 20 heavy (non-hydrogen) atoms. The van der Waals surface area contributed by atoms with Crippen molar-refractivity contribution in [1.29, 1.82) is 0 Å². The van der Waals surface area contributed by atoms with Crippen LogP contribution in [0.4, 0.5) is 4.79 Å². The lowest BCUT2D eigenvalue weighted by molar-refractivity contribution is -0.141. The highest BCUT2D eigenvalue weighted by atomic mass is 16.5. The number of nitrogens with zero attached hydrogens (tertiary/aromatic N) is 2. The molecule has 6 nitrogen and oxygen atoms in total.